The second-order valence-electron chi connectivity index (χ2n) is 3.26. The highest BCUT2D eigenvalue weighted by Gasteiger charge is 2.09. The lowest BCUT2D eigenvalue weighted by atomic mass is 10.3. The molecular weight excluding hydrogens is 246 g/mol. The first-order valence-corrected chi connectivity index (χ1v) is 5.73. The molecule has 2 aromatic rings. The van der Waals surface area contributed by atoms with Crippen LogP contribution in [-0.2, 0) is 4.79 Å². The molecule has 16 heavy (non-hydrogen) atoms. The van der Waals surface area contributed by atoms with Crippen LogP contribution < -0.4 is 0 Å². The summed E-state index contributed by atoms with van der Waals surface area (Å²) < 4.78 is 0.808. The van der Waals surface area contributed by atoms with Gasteiger partial charge in [0.15, 0.2) is 5.78 Å². The lowest BCUT2D eigenvalue weighted by Crippen LogP contribution is -1.85. The Balaban J connectivity index is 2.56. The van der Waals surface area contributed by atoms with E-state index in [1.165, 1.54) is 24.3 Å². The quantitative estimate of drug-likeness (QED) is 0.659. The van der Waals surface area contributed by atoms with Crippen LogP contribution in [0.5, 0.6) is 0 Å². The Hall–Kier alpha value is -1.39. The molecule has 0 atom stereocenters. The Bertz CT molecular complexity index is 589. The Morgan fingerprint density at radius 2 is 2.38 bits per heavy atom. The first kappa shape index (κ1) is 11.1. The molecule has 0 aromatic carbocycles. The van der Waals surface area contributed by atoms with E-state index in [4.69, 9.17) is 11.6 Å². The summed E-state index contributed by atoms with van der Waals surface area (Å²) in [5, 5.41) is 10.3. The fourth-order valence-electron chi connectivity index (χ4n) is 1.30. The van der Waals surface area contributed by atoms with E-state index in [1.54, 1.807) is 18.3 Å². The fraction of sp³-hybridized carbons (Fsp3) is 0.0909. The largest absolute Gasteiger partial charge is 0.506 e. The van der Waals surface area contributed by atoms with Crippen molar-refractivity contribution in [1.82, 2.24) is 4.98 Å². The third kappa shape index (κ3) is 2.08. The van der Waals surface area contributed by atoms with Crippen molar-refractivity contribution in [2.75, 3.05) is 0 Å². The standard InChI is InChI=1S/C11H8ClNO2S/c1-6(14)4-9(15)10-5-8-11(16-10)7(12)2-3-13-8/h2-5,15H,1H3. The molecule has 0 radical (unpaired) electrons. The fourth-order valence-corrected chi connectivity index (χ4v) is 2.50. The summed E-state index contributed by atoms with van der Waals surface area (Å²) in [5.74, 6) is -0.249. The van der Waals surface area contributed by atoms with E-state index >= 15 is 0 Å². The zero-order chi connectivity index (χ0) is 11.7. The smallest absolute Gasteiger partial charge is 0.156 e. The maximum atomic E-state index is 10.8. The summed E-state index contributed by atoms with van der Waals surface area (Å²) in [7, 11) is 0. The molecule has 0 fully saturated rings. The van der Waals surface area contributed by atoms with E-state index in [0.717, 1.165) is 10.2 Å². The molecule has 2 heterocycles. The number of thiophene rings is 1. The lowest BCUT2D eigenvalue weighted by molar-refractivity contribution is -0.112. The Kier molecular flexibility index (Phi) is 2.94. The average Bonchev–Trinajstić information content (AvgIpc) is 2.61. The molecule has 82 valence electrons. The Morgan fingerprint density at radius 3 is 3.00 bits per heavy atom. The summed E-state index contributed by atoms with van der Waals surface area (Å²) >= 11 is 7.29. The van der Waals surface area contributed by atoms with Gasteiger partial charge in [0.05, 0.1) is 20.1 Å². The zero-order valence-corrected chi connectivity index (χ0v) is 9.97. The van der Waals surface area contributed by atoms with E-state index in [2.05, 4.69) is 4.98 Å². The predicted molar refractivity (Wildman–Crippen MR) is 65.9 cm³/mol. The van der Waals surface area contributed by atoms with Crippen LogP contribution in [0.2, 0.25) is 5.02 Å². The molecule has 2 aromatic heterocycles. The van der Waals surface area contributed by atoms with Gasteiger partial charge in [-0.25, -0.2) is 0 Å². The van der Waals surface area contributed by atoms with Gasteiger partial charge < -0.3 is 5.11 Å². The number of carbonyl (C=O) groups is 1. The monoisotopic (exact) mass is 253 g/mol. The number of fused-ring (bicyclic) bond motifs is 1. The molecule has 0 saturated heterocycles. The Labute approximate surface area is 101 Å². The second kappa shape index (κ2) is 4.23. The van der Waals surface area contributed by atoms with Crippen molar-refractivity contribution >= 4 is 44.7 Å². The van der Waals surface area contributed by atoms with E-state index in [1.807, 2.05) is 0 Å². The van der Waals surface area contributed by atoms with Gasteiger partial charge in [0.1, 0.15) is 5.76 Å². The summed E-state index contributed by atoms with van der Waals surface area (Å²) in [4.78, 5) is 15.6. The highest BCUT2D eigenvalue weighted by atomic mass is 35.5. The maximum Gasteiger partial charge on any atom is 0.156 e. The zero-order valence-electron chi connectivity index (χ0n) is 8.40. The van der Waals surface area contributed by atoms with Crippen LogP contribution >= 0.6 is 22.9 Å². The number of hydrogen-bond acceptors (Lipinski definition) is 4. The number of hydrogen-bond donors (Lipinski definition) is 1. The van der Waals surface area contributed by atoms with Gasteiger partial charge in [-0.05, 0) is 19.1 Å². The van der Waals surface area contributed by atoms with E-state index in [9.17, 15) is 9.90 Å². The number of aromatic nitrogens is 1. The van der Waals surface area contributed by atoms with Gasteiger partial charge in [0, 0.05) is 12.3 Å². The van der Waals surface area contributed by atoms with Crippen molar-refractivity contribution in [3.05, 3.63) is 34.3 Å². The molecular formula is C11H8ClNO2S. The first-order chi connectivity index (χ1) is 7.58. The molecule has 3 nitrogen and oxygen atoms in total. The predicted octanol–water partition coefficient (Wildman–Crippen LogP) is 3.44. The van der Waals surface area contributed by atoms with Gasteiger partial charge in [-0.2, -0.15) is 0 Å². The summed E-state index contributed by atoms with van der Waals surface area (Å²) in [6, 6.07) is 3.40. The number of aliphatic hydroxyl groups is 1. The summed E-state index contributed by atoms with van der Waals surface area (Å²) in [6.45, 7) is 1.38. The molecule has 0 spiro atoms. The minimum absolute atomic E-state index is 0.0495. The minimum atomic E-state index is -0.200. The number of nitrogens with zero attached hydrogens (tertiary/aromatic N) is 1. The van der Waals surface area contributed by atoms with Gasteiger partial charge >= 0.3 is 0 Å². The maximum absolute atomic E-state index is 10.8. The second-order valence-corrected chi connectivity index (χ2v) is 4.72. The number of allylic oxidation sites excluding steroid dienone is 1. The normalized spacial score (nSPS) is 12.0. The van der Waals surface area contributed by atoms with Crippen molar-refractivity contribution in [3.63, 3.8) is 0 Å². The molecule has 0 bridgehead atoms. The highest BCUT2D eigenvalue weighted by molar-refractivity contribution is 7.20. The van der Waals surface area contributed by atoms with Crippen LogP contribution in [-0.4, -0.2) is 15.9 Å². The molecule has 0 saturated carbocycles. The van der Waals surface area contributed by atoms with Crippen molar-refractivity contribution in [1.29, 1.82) is 0 Å². The summed E-state index contributed by atoms with van der Waals surface area (Å²) in [5.41, 5.74) is 0.719. The molecule has 0 aliphatic rings. The van der Waals surface area contributed by atoms with Crippen LogP contribution in [0.1, 0.15) is 11.8 Å². The van der Waals surface area contributed by atoms with Crippen LogP contribution in [0, 0.1) is 0 Å². The Morgan fingerprint density at radius 1 is 1.62 bits per heavy atom. The molecule has 1 N–H and O–H groups in total. The third-order valence-corrected chi connectivity index (χ3v) is 3.56. The van der Waals surface area contributed by atoms with Crippen molar-refractivity contribution in [2.45, 2.75) is 6.92 Å². The van der Waals surface area contributed by atoms with Crippen LogP contribution in [0.3, 0.4) is 0 Å². The number of pyridine rings is 1. The number of rotatable bonds is 2. The minimum Gasteiger partial charge on any atom is -0.506 e. The third-order valence-electron chi connectivity index (χ3n) is 1.96. The van der Waals surface area contributed by atoms with Gasteiger partial charge in [-0.3, -0.25) is 9.78 Å². The molecule has 5 heteroatoms. The van der Waals surface area contributed by atoms with E-state index in [-0.39, 0.29) is 11.5 Å². The van der Waals surface area contributed by atoms with E-state index < -0.39 is 0 Å². The van der Waals surface area contributed by atoms with Crippen LogP contribution in [0.15, 0.2) is 24.4 Å². The van der Waals surface area contributed by atoms with E-state index in [0.29, 0.717) is 9.90 Å². The van der Waals surface area contributed by atoms with Gasteiger partial charge in [0.25, 0.3) is 0 Å². The highest BCUT2D eigenvalue weighted by Crippen LogP contribution is 2.32. The first-order valence-electron chi connectivity index (χ1n) is 4.53. The number of ketones is 1. The number of carbonyl (C=O) groups excluding carboxylic acids is 1. The van der Waals surface area contributed by atoms with Crippen LogP contribution in [0.25, 0.3) is 16.0 Å². The van der Waals surface area contributed by atoms with Crippen molar-refractivity contribution in [3.8, 4) is 0 Å². The number of aliphatic hydroxyl groups excluding tert-OH is 1. The molecule has 0 aliphatic carbocycles. The molecule has 0 unspecified atom stereocenters. The van der Waals surface area contributed by atoms with Crippen LogP contribution in [0.4, 0.5) is 0 Å². The topological polar surface area (TPSA) is 50.2 Å². The van der Waals surface area contributed by atoms with Crippen molar-refractivity contribution in [2.24, 2.45) is 0 Å². The molecule has 2 rings (SSSR count). The lowest BCUT2D eigenvalue weighted by Gasteiger charge is -1.91. The van der Waals surface area contributed by atoms with Gasteiger partial charge in [-0.1, -0.05) is 11.6 Å². The SMILES string of the molecule is CC(=O)C=C(O)c1cc2nccc(Cl)c2s1. The molecule has 0 aliphatic heterocycles. The van der Waals surface area contributed by atoms with Crippen molar-refractivity contribution < 1.29 is 9.90 Å². The average molecular weight is 254 g/mol. The van der Waals surface area contributed by atoms with Gasteiger partial charge in [0.2, 0.25) is 0 Å². The molecule has 0 amide bonds. The van der Waals surface area contributed by atoms with Gasteiger partial charge in [-0.15, -0.1) is 11.3 Å². The number of halogens is 1. The summed E-state index contributed by atoms with van der Waals surface area (Å²) in [6.07, 6.45) is 2.78.